The number of fused-ring (bicyclic) bond motifs is 1. The van der Waals surface area contributed by atoms with Crippen LogP contribution < -0.4 is 36.4 Å². The van der Waals surface area contributed by atoms with Crippen LogP contribution in [0.1, 0.15) is 62.5 Å². The Morgan fingerprint density at radius 1 is 1.05 bits per heavy atom. The molecule has 358 valence electrons. The molecular weight excluding hydrogens is 839 g/mol. The number of aliphatic imine (C=N–C) groups is 2. The Morgan fingerprint density at radius 3 is 2.41 bits per heavy atom. The number of amides is 3. The summed E-state index contributed by atoms with van der Waals surface area (Å²) in [6.07, 6.45) is 6.97. The molecule has 3 aromatic rings. The number of likely N-dealkylation sites (N-methyl/N-ethyl adjacent to an activating group) is 1. The number of anilines is 4. The minimum atomic E-state index is -0.803. The van der Waals surface area contributed by atoms with E-state index in [-0.39, 0.29) is 36.7 Å². The zero-order valence-electron chi connectivity index (χ0n) is 39.7. The summed E-state index contributed by atoms with van der Waals surface area (Å²) in [5, 5.41) is 19.1. The van der Waals surface area contributed by atoms with E-state index in [1.807, 2.05) is 81.4 Å². The fourth-order valence-electron chi connectivity index (χ4n) is 7.71. The quantitative estimate of drug-likeness (QED) is 0.0221. The van der Waals surface area contributed by atoms with Crippen LogP contribution in [-0.2, 0) is 36.8 Å². The number of aldehydes is 1. The second kappa shape index (κ2) is 29.3. The molecule has 1 saturated heterocycles. The third-order valence-corrected chi connectivity index (χ3v) is 10.9. The summed E-state index contributed by atoms with van der Waals surface area (Å²) >= 11 is 0. The van der Waals surface area contributed by atoms with E-state index in [0.29, 0.717) is 48.9 Å². The molecule has 3 amide bonds. The molecular formula is C49H71N11O6. The van der Waals surface area contributed by atoms with E-state index in [4.69, 9.17) is 9.73 Å². The number of aromatic nitrogens is 1. The number of pyridine rings is 1. The van der Waals surface area contributed by atoms with Gasteiger partial charge >= 0.3 is 0 Å². The maximum atomic E-state index is 13.2. The largest absolute Gasteiger partial charge is 0.387 e. The lowest BCUT2D eigenvalue weighted by atomic mass is 10.0. The fourth-order valence-corrected chi connectivity index (χ4v) is 7.71. The van der Waals surface area contributed by atoms with Gasteiger partial charge in [-0.15, -0.1) is 6.58 Å². The van der Waals surface area contributed by atoms with Gasteiger partial charge in [0.05, 0.1) is 29.8 Å². The smallest absolute Gasteiger partial charge is 0.256 e. The molecule has 2 unspecified atom stereocenters. The summed E-state index contributed by atoms with van der Waals surface area (Å²) in [4.78, 5) is 70.7. The highest BCUT2D eigenvalue weighted by atomic mass is 16.5. The number of aliphatic hydroxyl groups is 1. The van der Waals surface area contributed by atoms with Crippen molar-refractivity contribution >= 4 is 65.6 Å². The topological polar surface area (TPSA) is 210 Å². The molecule has 17 heteroatoms. The van der Waals surface area contributed by atoms with Crippen molar-refractivity contribution in [1.82, 2.24) is 20.5 Å². The van der Waals surface area contributed by atoms with Crippen LogP contribution in [0.4, 0.5) is 28.6 Å². The monoisotopic (exact) mass is 910 g/mol. The molecule has 0 saturated carbocycles. The number of benzene rings is 2. The molecule has 2 aliphatic rings. The van der Waals surface area contributed by atoms with Crippen molar-refractivity contribution in [3.8, 4) is 0 Å². The highest BCUT2D eigenvalue weighted by molar-refractivity contribution is 6.25. The van der Waals surface area contributed by atoms with Crippen molar-refractivity contribution in [2.75, 3.05) is 101 Å². The van der Waals surface area contributed by atoms with Gasteiger partial charge in [-0.05, 0) is 93.4 Å². The summed E-state index contributed by atoms with van der Waals surface area (Å²) in [6.45, 7) is 17.0. The van der Waals surface area contributed by atoms with E-state index in [0.717, 1.165) is 80.8 Å². The average Bonchev–Trinajstić information content (AvgIpc) is 3.72. The van der Waals surface area contributed by atoms with Crippen LogP contribution in [0.5, 0.6) is 0 Å². The van der Waals surface area contributed by atoms with Gasteiger partial charge in [0.1, 0.15) is 23.7 Å². The van der Waals surface area contributed by atoms with Crippen LogP contribution in [0.3, 0.4) is 0 Å². The second-order valence-electron chi connectivity index (χ2n) is 15.2. The Labute approximate surface area is 390 Å². The molecule has 1 aliphatic carbocycles. The zero-order chi connectivity index (χ0) is 48.4. The first-order chi connectivity index (χ1) is 32.1. The summed E-state index contributed by atoms with van der Waals surface area (Å²) in [6, 6.07) is 16.6. The summed E-state index contributed by atoms with van der Waals surface area (Å²) in [5.74, 6) is -0.146. The molecule has 0 bridgehead atoms. The lowest BCUT2D eigenvalue weighted by Gasteiger charge is -2.36. The van der Waals surface area contributed by atoms with Gasteiger partial charge in [-0.1, -0.05) is 38.1 Å². The van der Waals surface area contributed by atoms with Crippen molar-refractivity contribution in [3.05, 3.63) is 95.8 Å². The van der Waals surface area contributed by atoms with Gasteiger partial charge < -0.3 is 51.0 Å². The third-order valence-electron chi connectivity index (χ3n) is 10.9. The Hall–Kier alpha value is -6.27. The number of carbonyl (C=O) groups is 4. The number of amidine groups is 1. The number of nitrogens with one attached hydrogen (secondary N) is 3. The molecule has 17 nitrogen and oxygen atoms in total. The van der Waals surface area contributed by atoms with Gasteiger partial charge in [-0.3, -0.25) is 24.3 Å². The molecule has 5 rings (SSSR count). The fraction of sp³-hybridized carbons (Fsp3) is 0.449. The van der Waals surface area contributed by atoms with Crippen molar-refractivity contribution in [2.45, 2.75) is 64.5 Å². The minimum Gasteiger partial charge on any atom is -0.387 e. The van der Waals surface area contributed by atoms with E-state index in [1.54, 1.807) is 12.1 Å². The minimum absolute atomic E-state index is 0.163. The Kier molecular flexibility index (Phi) is 24.0. The van der Waals surface area contributed by atoms with Crippen LogP contribution in [0.2, 0.25) is 0 Å². The SMILES string of the molecule is C=CCNC(=O)/C(=C/N=C)C(=Nc1ccc2c(n1)C(O)CC2)Nc1ccc(N2CCN(CCOCCCc3cccc(N(C=O)C(CCC=O)C(=O)NC)c3N(C)C)CC2)cc1.CC.CN. The Balaban J connectivity index is 0.00000281. The predicted octanol–water partition coefficient (Wildman–Crippen LogP) is 4.59. The van der Waals surface area contributed by atoms with Crippen molar-refractivity contribution in [2.24, 2.45) is 15.7 Å². The number of piperazine rings is 1. The van der Waals surface area contributed by atoms with Gasteiger partial charge in [-0.25, -0.2) is 9.98 Å². The van der Waals surface area contributed by atoms with Gasteiger partial charge in [0, 0.05) is 91.0 Å². The number of hydrogen-bond donors (Lipinski definition) is 5. The number of aliphatic hydroxyl groups excluding tert-OH is 1. The van der Waals surface area contributed by atoms with Gasteiger partial charge in [0.25, 0.3) is 5.91 Å². The van der Waals surface area contributed by atoms with Crippen LogP contribution >= 0.6 is 0 Å². The lowest BCUT2D eigenvalue weighted by Crippen LogP contribution is -2.47. The maximum absolute atomic E-state index is 13.2. The number of nitrogens with two attached hydrogens (primary N) is 1. The average molecular weight is 910 g/mol. The third kappa shape index (κ3) is 15.4. The number of hydrogen-bond acceptors (Lipinski definition) is 13. The first kappa shape index (κ1) is 54.1. The summed E-state index contributed by atoms with van der Waals surface area (Å²) < 4.78 is 6.07. The van der Waals surface area contributed by atoms with Gasteiger partial charge in [0.2, 0.25) is 12.3 Å². The van der Waals surface area contributed by atoms with Crippen LogP contribution in [0.15, 0.2) is 89.0 Å². The molecule has 1 aliphatic heterocycles. The van der Waals surface area contributed by atoms with E-state index in [9.17, 15) is 24.3 Å². The summed E-state index contributed by atoms with van der Waals surface area (Å²) in [7, 11) is 6.84. The van der Waals surface area contributed by atoms with Crippen LogP contribution in [0, 0.1) is 0 Å². The van der Waals surface area contributed by atoms with Crippen LogP contribution in [-0.4, -0.2) is 139 Å². The Bertz CT molecular complexity index is 2080. The van der Waals surface area contributed by atoms with E-state index in [2.05, 4.69) is 54.8 Å². The molecule has 0 spiro atoms. The molecule has 1 fully saturated rings. The molecule has 2 aromatic carbocycles. The normalized spacial score (nSPS) is 15.1. The number of aryl methyl sites for hydroxylation is 2. The molecule has 2 atom stereocenters. The molecule has 0 radical (unpaired) electrons. The highest BCUT2D eigenvalue weighted by Gasteiger charge is 2.28. The van der Waals surface area contributed by atoms with Gasteiger partial charge in [-0.2, -0.15) is 0 Å². The first-order valence-electron chi connectivity index (χ1n) is 22.6. The Morgan fingerprint density at radius 2 is 1.77 bits per heavy atom. The highest BCUT2D eigenvalue weighted by Crippen LogP contribution is 2.34. The maximum Gasteiger partial charge on any atom is 0.256 e. The molecule has 1 aromatic heterocycles. The zero-order valence-corrected chi connectivity index (χ0v) is 39.7. The van der Waals surface area contributed by atoms with E-state index < -0.39 is 18.1 Å². The van der Waals surface area contributed by atoms with Crippen LogP contribution in [0.25, 0.3) is 0 Å². The standard InChI is InChI=1S/C46H60N10O6.C2H6.CH5N/c1-6-22-49-45(60)37(31-47-2)44(52-41-21-15-33-14-20-40(59)42(33)51-41)50-35-16-18-36(19-17-35)55-25-23-54(24-26-55)27-30-62-29-9-11-34-10-7-12-38(43(34)53(4)5)56(32-58)39(13-8-28-57)46(61)48-3;2*1-2/h6-7,10,12,15-19,21,28,31-32,39-40,59H,1-2,8-9,11,13-14,20,22-27,29-30H2,3-5H3,(H,48,61)(H,49,60)(H,50,51,52);1-2H3;2H2,1H3/b37-31+;;. The number of ether oxygens (including phenoxy) is 1. The first-order valence-corrected chi connectivity index (χ1v) is 22.6. The summed E-state index contributed by atoms with van der Waals surface area (Å²) in [5.41, 5.74) is 10.6. The van der Waals surface area contributed by atoms with Crippen molar-refractivity contribution in [3.63, 3.8) is 0 Å². The number of carbonyl (C=O) groups excluding carboxylic acids is 4. The number of rotatable bonds is 23. The second-order valence-corrected chi connectivity index (χ2v) is 15.2. The lowest BCUT2D eigenvalue weighted by molar-refractivity contribution is -0.123. The number of nitrogens with zero attached hydrogens (tertiary/aromatic N) is 7. The molecule has 2 heterocycles. The van der Waals surface area contributed by atoms with E-state index in [1.165, 1.54) is 25.2 Å². The molecule has 6 N–H and O–H groups in total. The van der Waals surface area contributed by atoms with Gasteiger partial charge in [0.15, 0.2) is 5.82 Å². The van der Waals surface area contributed by atoms with Crippen molar-refractivity contribution in [1.29, 1.82) is 0 Å². The van der Waals surface area contributed by atoms with E-state index >= 15 is 0 Å². The van der Waals surface area contributed by atoms with Crippen molar-refractivity contribution < 1.29 is 29.0 Å². The molecule has 66 heavy (non-hydrogen) atoms. The number of para-hydroxylation sites is 1. The predicted molar refractivity (Wildman–Crippen MR) is 267 cm³/mol.